The lowest BCUT2D eigenvalue weighted by molar-refractivity contribution is 0.0139. The predicted molar refractivity (Wildman–Crippen MR) is 96.7 cm³/mol. The predicted octanol–water partition coefficient (Wildman–Crippen LogP) is 3.77. The molecule has 2 rings (SSSR count). The average Bonchev–Trinajstić information content (AvgIpc) is 2.49. The molecule has 0 unspecified atom stereocenters. The number of piperazine rings is 1. The van der Waals surface area contributed by atoms with Crippen LogP contribution in [-0.2, 0) is 17.8 Å². The van der Waals surface area contributed by atoms with Crippen LogP contribution in [0.4, 0.5) is 4.79 Å². The van der Waals surface area contributed by atoms with Crippen LogP contribution in [0, 0.1) is 4.91 Å². The summed E-state index contributed by atoms with van der Waals surface area (Å²) in [6.07, 6.45) is -0.254. The number of nitroso groups, excluding NO2 is 1. The molecule has 6 nitrogen and oxygen atoms in total. The Morgan fingerprint density at radius 3 is 2.46 bits per heavy atom. The van der Waals surface area contributed by atoms with E-state index in [1.165, 1.54) is 0 Å². The van der Waals surface area contributed by atoms with Crippen molar-refractivity contribution >= 4 is 22.0 Å². The zero-order valence-electron chi connectivity index (χ0n) is 14.4. The summed E-state index contributed by atoms with van der Waals surface area (Å²) in [7, 11) is 0. The van der Waals surface area contributed by atoms with Gasteiger partial charge in [0.25, 0.3) is 0 Å². The fraction of sp³-hybridized carbons (Fsp3) is 0.588. The minimum atomic E-state index is -0.471. The van der Waals surface area contributed by atoms with Crippen LogP contribution in [-0.4, -0.2) is 47.7 Å². The zero-order chi connectivity index (χ0) is 17.7. The van der Waals surface area contributed by atoms with Crippen LogP contribution < -0.4 is 0 Å². The Morgan fingerprint density at radius 2 is 1.88 bits per heavy atom. The zero-order valence-corrected chi connectivity index (χ0v) is 16.0. The van der Waals surface area contributed by atoms with Crippen molar-refractivity contribution in [2.75, 3.05) is 26.2 Å². The van der Waals surface area contributed by atoms with Gasteiger partial charge in [0.1, 0.15) is 12.1 Å². The van der Waals surface area contributed by atoms with Crippen LogP contribution in [0.3, 0.4) is 0 Å². The molecule has 1 aromatic rings. The Balaban J connectivity index is 1.93. The number of carbonyl (C=O) groups is 1. The molecule has 0 atom stereocenters. The molecule has 0 radical (unpaired) electrons. The molecule has 0 aromatic heterocycles. The van der Waals surface area contributed by atoms with Gasteiger partial charge in [-0.1, -0.05) is 27.2 Å². The van der Waals surface area contributed by atoms with Gasteiger partial charge in [0.15, 0.2) is 0 Å². The Morgan fingerprint density at radius 1 is 1.21 bits per heavy atom. The number of rotatable bonds is 4. The number of ether oxygens (including phenoxy) is 1. The molecule has 0 N–H and O–H groups in total. The van der Waals surface area contributed by atoms with E-state index in [-0.39, 0.29) is 12.6 Å². The van der Waals surface area contributed by atoms with Gasteiger partial charge >= 0.3 is 6.09 Å². The van der Waals surface area contributed by atoms with Gasteiger partial charge in [-0.15, -0.1) is 0 Å². The number of hydrogen-bond donors (Lipinski definition) is 0. The highest BCUT2D eigenvalue weighted by Gasteiger charge is 2.26. The number of halogens is 1. The van der Waals surface area contributed by atoms with Crippen molar-refractivity contribution in [3.05, 3.63) is 38.7 Å². The van der Waals surface area contributed by atoms with Crippen LogP contribution in [0.25, 0.3) is 0 Å². The molecule has 1 amide bonds. The van der Waals surface area contributed by atoms with E-state index in [1.807, 2.05) is 39.0 Å². The van der Waals surface area contributed by atoms with E-state index in [0.29, 0.717) is 13.1 Å². The van der Waals surface area contributed by atoms with Gasteiger partial charge < -0.3 is 9.64 Å². The lowest BCUT2D eigenvalue weighted by Crippen LogP contribution is -2.49. The molecule has 1 aromatic carbocycles. The minimum Gasteiger partial charge on any atom is -0.444 e. The van der Waals surface area contributed by atoms with Gasteiger partial charge in [-0.05, 0) is 44.0 Å². The third kappa shape index (κ3) is 5.56. The highest BCUT2D eigenvalue weighted by Crippen LogP contribution is 2.20. The number of nitrogens with zero attached hydrogens (tertiary/aromatic N) is 3. The quantitative estimate of drug-likeness (QED) is 0.725. The smallest absolute Gasteiger partial charge is 0.410 e. The first-order valence-corrected chi connectivity index (χ1v) is 8.84. The molecule has 7 heteroatoms. The van der Waals surface area contributed by atoms with Gasteiger partial charge in [-0.3, -0.25) is 4.90 Å². The maximum absolute atomic E-state index is 12.1. The lowest BCUT2D eigenvalue weighted by atomic mass is 10.1. The van der Waals surface area contributed by atoms with E-state index >= 15 is 0 Å². The fourth-order valence-electron chi connectivity index (χ4n) is 2.62. The van der Waals surface area contributed by atoms with Crippen molar-refractivity contribution in [2.24, 2.45) is 5.18 Å². The van der Waals surface area contributed by atoms with E-state index < -0.39 is 5.60 Å². The highest BCUT2D eigenvalue weighted by atomic mass is 79.9. The summed E-state index contributed by atoms with van der Waals surface area (Å²) in [6, 6.07) is 5.88. The third-order valence-electron chi connectivity index (χ3n) is 3.82. The van der Waals surface area contributed by atoms with Crippen molar-refractivity contribution in [1.29, 1.82) is 0 Å². The van der Waals surface area contributed by atoms with Crippen LogP contribution in [0.15, 0.2) is 27.8 Å². The van der Waals surface area contributed by atoms with Gasteiger partial charge in [0, 0.05) is 37.2 Å². The highest BCUT2D eigenvalue weighted by molar-refractivity contribution is 9.10. The normalized spacial score (nSPS) is 16.1. The Hall–Kier alpha value is -1.47. The molecular weight excluding hydrogens is 374 g/mol. The van der Waals surface area contributed by atoms with Crippen molar-refractivity contribution in [3.8, 4) is 0 Å². The van der Waals surface area contributed by atoms with Crippen molar-refractivity contribution in [3.63, 3.8) is 0 Å². The van der Waals surface area contributed by atoms with E-state index in [1.54, 1.807) is 4.90 Å². The van der Waals surface area contributed by atoms with E-state index in [9.17, 15) is 9.70 Å². The average molecular weight is 398 g/mol. The first-order chi connectivity index (χ1) is 11.3. The molecule has 0 bridgehead atoms. The summed E-state index contributed by atoms with van der Waals surface area (Å²) in [5.74, 6) is 0. The van der Waals surface area contributed by atoms with Gasteiger partial charge in [0.2, 0.25) is 0 Å². The third-order valence-corrected chi connectivity index (χ3v) is 4.31. The molecule has 1 fully saturated rings. The second-order valence-electron chi connectivity index (χ2n) is 6.94. The van der Waals surface area contributed by atoms with Crippen LogP contribution in [0.5, 0.6) is 0 Å². The maximum atomic E-state index is 12.1. The molecule has 1 aliphatic heterocycles. The van der Waals surface area contributed by atoms with Gasteiger partial charge in [-0.25, -0.2) is 4.79 Å². The standard InChI is InChI=1S/C17H24BrN3O3/c1-17(2,3)24-16(22)21-8-6-20(7-9-21)12-14-10-15(18)5-4-13(14)11-19-23/h4-5,10H,6-9,11-12H2,1-3H3. The molecule has 0 aliphatic carbocycles. The summed E-state index contributed by atoms with van der Waals surface area (Å²) >= 11 is 3.47. The fourth-order valence-corrected chi connectivity index (χ4v) is 3.03. The second-order valence-corrected chi connectivity index (χ2v) is 7.86. The SMILES string of the molecule is CC(C)(C)OC(=O)N1CCN(Cc2cc(Br)ccc2CN=O)CC1. The van der Waals surface area contributed by atoms with Crippen LogP contribution in [0.2, 0.25) is 0 Å². The topological polar surface area (TPSA) is 62.2 Å². The maximum Gasteiger partial charge on any atom is 0.410 e. The summed E-state index contributed by atoms with van der Waals surface area (Å²) < 4.78 is 6.40. The van der Waals surface area contributed by atoms with Gasteiger partial charge in [-0.2, -0.15) is 4.91 Å². The lowest BCUT2D eigenvalue weighted by Gasteiger charge is -2.35. The summed E-state index contributed by atoms with van der Waals surface area (Å²) in [5, 5.41) is 3.01. The largest absolute Gasteiger partial charge is 0.444 e. The number of benzene rings is 1. The molecule has 1 aliphatic rings. The molecule has 0 saturated carbocycles. The molecule has 24 heavy (non-hydrogen) atoms. The summed E-state index contributed by atoms with van der Waals surface area (Å²) in [4.78, 5) is 26.7. The Bertz CT molecular complexity index is 593. The first-order valence-electron chi connectivity index (χ1n) is 8.05. The van der Waals surface area contributed by atoms with E-state index in [2.05, 4.69) is 26.0 Å². The molecule has 0 spiro atoms. The van der Waals surface area contributed by atoms with Crippen molar-refractivity contribution in [1.82, 2.24) is 9.80 Å². The van der Waals surface area contributed by atoms with Gasteiger partial charge in [0.05, 0.1) is 0 Å². The molecular formula is C17H24BrN3O3. The molecule has 132 valence electrons. The van der Waals surface area contributed by atoms with Crippen LogP contribution in [0.1, 0.15) is 31.9 Å². The Labute approximate surface area is 151 Å². The van der Waals surface area contributed by atoms with E-state index in [0.717, 1.165) is 35.2 Å². The summed E-state index contributed by atoms with van der Waals surface area (Å²) in [5.41, 5.74) is 1.57. The second kappa shape index (κ2) is 8.07. The molecule has 1 heterocycles. The first kappa shape index (κ1) is 18.9. The van der Waals surface area contributed by atoms with E-state index in [4.69, 9.17) is 4.74 Å². The summed E-state index contributed by atoms with van der Waals surface area (Å²) in [6.45, 7) is 9.38. The molecule has 1 saturated heterocycles. The van der Waals surface area contributed by atoms with Crippen LogP contribution >= 0.6 is 15.9 Å². The number of amides is 1. The minimum absolute atomic E-state index is 0.181. The number of hydrogen-bond acceptors (Lipinski definition) is 5. The number of carbonyl (C=O) groups excluding carboxylic acids is 1. The van der Waals surface area contributed by atoms with Crippen molar-refractivity contribution < 1.29 is 9.53 Å². The van der Waals surface area contributed by atoms with Crippen molar-refractivity contribution in [2.45, 2.75) is 39.5 Å². The Kier molecular flexibility index (Phi) is 6.34. The monoisotopic (exact) mass is 397 g/mol.